The minimum absolute atomic E-state index is 0.308. The zero-order chi connectivity index (χ0) is 19.7. The molecule has 0 bridgehead atoms. The van der Waals surface area contributed by atoms with Gasteiger partial charge in [-0.1, -0.05) is 23.2 Å². The van der Waals surface area contributed by atoms with Gasteiger partial charge in [-0.2, -0.15) is 5.10 Å². The standard InChI is InChI=1S/C20H24Cl2N4O/c1-12(2)26(8-9-27-5)17-10-13(3)23-19-18(24-25(4)20(17)19)15-7-6-14(21)11-16(15)22/h6-7,10-12H,8-9H2,1-5H3. The maximum absolute atomic E-state index is 6.45. The third kappa shape index (κ3) is 3.91. The van der Waals surface area contributed by atoms with Gasteiger partial charge in [0.05, 0.1) is 17.3 Å². The van der Waals surface area contributed by atoms with Crippen LogP contribution >= 0.6 is 23.2 Å². The summed E-state index contributed by atoms with van der Waals surface area (Å²) in [4.78, 5) is 7.10. The molecule has 5 nitrogen and oxygen atoms in total. The van der Waals surface area contributed by atoms with E-state index in [1.807, 2.05) is 30.8 Å². The van der Waals surface area contributed by atoms with Gasteiger partial charge in [0, 0.05) is 43.0 Å². The fourth-order valence-electron chi connectivity index (χ4n) is 3.31. The number of pyridine rings is 1. The molecule has 27 heavy (non-hydrogen) atoms. The van der Waals surface area contributed by atoms with E-state index in [1.54, 1.807) is 13.2 Å². The summed E-state index contributed by atoms with van der Waals surface area (Å²) in [7, 11) is 3.65. The van der Waals surface area contributed by atoms with E-state index in [2.05, 4.69) is 24.8 Å². The average molecular weight is 407 g/mol. The van der Waals surface area contributed by atoms with Gasteiger partial charge in [0.25, 0.3) is 0 Å². The molecule has 2 heterocycles. The summed E-state index contributed by atoms with van der Waals surface area (Å²) in [5.74, 6) is 0. The van der Waals surface area contributed by atoms with Crippen LogP contribution in [0.5, 0.6) is 0 Å². The molecular formula is C20H24Cl2N4O. The number of hydrogen-bond acceptors (Lipinski definition) is 4. The number of methoxy groups -OCH3 is 1. The van der Waals surface area contributed by atoms with E-state index in [1.165, 1.54) is 0 Å². The lowest BCUT2D eigenvalue weighted by molar-refractivity contribution is 0.204. The number of ether oxygens (including phenoxy) is 1. The first kappa shape index (κ1) is 19.9. The van der Waals surface area contributed by atoms with Crippen molar-refractivity contribution in [3.63, 3.8) is 0 Å². The molecule has 0 aliphatic rings. The lowest BCUT2D eigenvalue weighted by atomic mass is 10.1. The number of rotatable bonds is 6. The van der Waals surface area contributed by atoms with Crippen molar-refractivity contribution in [1.82, 2.24) is 14.8 Å². The number of nitrogens with zero attached hydrogens (tertiary/aromatic N) is 4. The van der Waals surface area contributed by atoms with Crippen molar-refractivity contribution < 1.29 is 4.74 Å². The molecular weight excluding hydrogens is 383 g/mol. The second-order valence-electron chi connectivity index (χ2n) is 6.86. The Hall–Kier alpha value is -1.82. The molecule has 0 amide bonds. The third-order valence-electron chi connectivity index (χ3n) is 4.55. The summed E-state index contributed by atoms with van der Waals surface area (Å²) in [6, 6.07) is 7.85. The number of fused-ring (bicyclic) bond motifs is 1. The predicted molar refractivity (Wildman–Crippen MR) is 113 cm³/mol. The molecule has 0 N–H and O–H groups in total. The molecule has 0 unspecified atom stereocenters. The first-order chi connectivity index (χ1) is 12.8. The van der Waals surface area contributed by atoms with Crippen LogP contribution in [0.4, 0.5) is 5.69 Å². The molecule has 3 rings (SSSR count). The Morgan fingerprint density at radius 2 is 1.96 bits per heavy atom. The summed E-state index contributed by atoms with van der Waals surface area (Å²) in [5, 5.41) is 5.90. The van der Waals surface area contributed by atoms with Gasteiger partial charge in [-0.15, -0.1) is 0 Å². The maximum Gasteiger partial charge on any atom is 0.120 e. The van der Waals surface area contributed by atoms with E-state index >= 15 is 0 Å². The van der Waals surface area contributed by atoms with Gasteiger partial charge >= 0.3 is 0 Å². The second-order valence-corrected chi connectivity index (χ2v) is 7.70. The van der Waals surface area contributed by atoms with Gasteiger partial charge in [0.15, 0.2) is 0 Å². The molecule has 0 fully saturated rings. The molecule has 7 heteroatoms. The van der Waals surface area contributed by atoms with Crippen LogP contribution in [0.25, 0.3) is 22.3 Å². The summed E-state index contributed by atoms with van der Waals surface area (Å²) >= 11 is 12.5. The van der Waals surface area contributed by atoms with Crippen molar-refractivity contribution >= 4 is 39.9 Å². The Morgan fingerprint density at radius 1 is 1.22 bits per heavy atom. The second kappa shape index (κ2) is 8.05. The normalized spacial score (nSPS) is 11.6. The van der Waals surface area contributed by atoms with Crippen molar-refractivity contribution in [2.45, 2.75) is 26.8 Å². The summed E-state index contributed by atoms with van der Waals surface area (Å²) in [6.45, 7) is 7.77. The Labute approximate surface area is 169 Å². The summed E-state index contributed by atoms with van der Waals surface area (Å²) in [5.41, 5.74) is 5.42. The summed E-state index contributed by atoms with van der Waals surface area (Å²) in [6.07, 6.45) is 0. The largest absolute Gasteiger partial charge is 0.383 e. The van der Waals surface area contributed by atoms with E-state index in [0.29, 0.717) is 22.7 Å². The molecule has 0 spiro atoms. The molecule has 0 radical (unpaired) electrons. The Kier molecular flexibility index (Phi) is 5.94. The van der Waals surface area contributed by atoms with Crippen molar-refractivity contribution in [2.75, 3.05) is 25.2 Å². The molecule has 0 aliphatic heterocycles. The molecule has 0 atom stereocenters. The van der Waals surface area contributed by atoms with Crippen molar-refractivity contribution in [3.8, 4) is 11.3 Å². The summed E-state index contributed by atoms with van der Waals surface area (Å²) < 4.78 is 7.18. The zero-order valence-corrected chi connectivity index (χ0v) is 17.8. The van der Waals surface area contributed by atoms with Crippen LogP contribution in [-0.2, 0) is 11.8 Å². The van der Waals surface area contributed by atoms with Crippen molar-refractivity contribution in [3.05, 3.63) is 40.0 Å². The highest BCUT2D eigenvalue weighted by Crippen LogP contribution is 2.37. The molecule has 144 valence electrons. The van der Waals surface area contributed by atoms with Crippen LogP contribution in [0, 0.1) is 6.92 Å². The molecule has 0 saturated heterocycles. The van der Waals surface area contributed by atoms with E-state index in [-0.39, 0.29) is 0 Å². The van der Waals surface area contributed by atoms with Gasteiger partial charge in [-0.3, -0.25) is 4.68 Å². The van der Waals surface area contributed by atoms with Crippen LogP contribution in [0.15, 0.2) is 24.3 Å². The molecule has 0 saturated carbocycles. The van der Waals surface area contributed by atoms with Crippen LogP contribution < -0.4 is 4.90 Å². The van der Waals surface area contributed by atoms with E-state index in [0.717, 1.165) is 40.2 Å². The lowest BCUT2D eigenvalue weighted by Crippen LogP contribution is -2.34. The highest BCUT2D eigenvalue weighted by Gasteiger charge is 2.22. The Morgan fingerprint density at radius 3 is 2.59 bits per heavy atom. The minimum atomic E-state index is 0.308. The molecule has 0 aliphatic carbocycles. The van der Waals surface area contributed by atoms with Gasteiger partial charge in [0.1, 0.15) is 16.7 Å². The van der Waals surface area contributed by atoms with Gasteiger partial charge < -0.3 is 9.64 Å². The Bertz CT molecular complexity index is 968. The van der Waals surface area contributed by atoms with Crippen LogP contribution in [-0.4, -0.2) is 41.1 Å². The smallest absolute Gasteiger partial charge is 0.120 e. The van der Waals surface area contributed by atoms with Gasteiger partial charge in [0.2, 0.25) is 0 Å². The lowest BCUT2D eigenvalue weighted by Gasteiger charge is -2.29. The number of aromatic nitrogens is 3. The van der Waals surface area contributed by atoms with Gasteiger partial charge in [-0.05, 0) is 45.0 Å². The zero-order valence-electron chi connectivity index (χ0n) is 16.3. The molecule has 1 aromatic carbocycles. The fourth-order valence-corrected chi connectivity index (χ4v) is 3.81. The quantitative estimate of drug-likeness (QED) is 0.570. The maximum atomic E-state index is 6.45. The first-order valence-corrected chi connectivity index (χ1v) is 9.64. The topological polar surface area (TPSA) is 43.2 Å². The first-order valence-electron chi connectivity index (χ1n) is 8.88. The molecule has 2 aromatic heterocycles. The third-order valence-corrected chi connectivity index (χ3v) is 5.10. The van der Waals surface area contributed by atoms with Crippen molar-refractivity contribution in [1.29, 1.82) is 0 Å². The van der Waals surface area contributed by atoms with Crippen LogP contribution in [0.1, 0.15) is 19.5 Å². The number of hydrogen-bond donors (Lipinski definition) is 0. The van der Waals surface area contributed by atoms with Crippen LogP contribution in [0.2, 0.25) is 10.0 Å². The monoisotopic (exact) mass is 406 g/mol. The number of halogens is 2. The molecule has 3 aromatic rings. The fraction of sp³-hybridized carbons (Fsp3) is 0.400. The Balaban J connectivity index is 2.25. The number of benzene rings is 1. The van der Waals surface area contributed by atoms with E-state index in [9.17, 15) is 0 Å². The van der Waals surface area contributed by atoms with E-state index in [4.69, 9.17) is 38.0 Å². The van der Waals surface area contributed by atoms with E-state index < -0.39 is 0 Å². The van der Waals surface area contributed by atoms with Crippen LogP contribution in [0.3, 0.4) is 0 Å². The average Bonchev–Trinajstić information content (AvgIpc) is 2.91. The SMILES string of the molecule is COCCN(c1cc(C)nc2c(-c3ccc(Cl)cc3Cl)nn(C)c12)C(C)C. The minimum Gasteiger partial charge on any atom is -0.383 e. The number of aryl methyl sites for hydroxylation is 2. The predicted octanol–water partition coefficient (Wildman–Crippen LogP) is 5.11. The highest BCUT2D eigenvalue weighted by atomic mass is 35.5. The highest BCUT2D eigenvalue weighted by molar-refractivity contribution is 6.36. The van der Waals surface area contributed by atoms with Crippen molar-refractivity contribution in [2.24, 2.45) is 7.05 Å². The number of anilines is 1. The van der Waals surface area contributed by atoms with Gasteiger partial charge in [-0.25, -0.2) is 4.98 Å².